The quantitative estimate of drug-likeness (QED) is 0.595. The summed E-state index contributed by atoms with van der Waals surface area (Å²) in [5, 5.41) is 6.82. The topological polar surface area (TPSA) is 99.5 Å². The predicted molar refractivity (Wildman–Crippen MR) is 116 cm³/mol. The fourth-order valence-electron chi connectivity index (χ4n) is 3.59. The van der Waals surface area contributed by atoms with Crippen molar-refractivity contribution in [3.63, 3.8) is 0 Å². The molecule has 3 aromatic rings. The van der Waals surface area contributed by atoms with Crippen LogP contribution < -0.4 is 5.32 Å². The molecule has 0 aliphatic carbocycles. The zero-order valence-corrected chi connectivity index (χ0v) is 17.8. The Labute approximate surface area is 185 Å². The van der Waals surface area contributed by atoms with Gasteiger partial charge in [-0.25, -0.2) is 14.3 Å². The molecule has 0 spiro atoms. The zero-order valence-electron chi connectivity index (χ0n) is 17.8. The van der Waals surface area contributed by atoms with E-state index in [1.165, 1.54) is 6.07 Å². The van der Waals surface area contributed by atoms with Crippen LogP contribution in [0.2, 0.25) is 0 Å². The number of aromatic nitrogens is 2. The number of carbonyl (C=O) groups excluding carboxylic acids is 3. The van der Waals surface area contributed by atoms with Crippen LogP contribution in [-0.2, 0) is 20.7 Å². The van der Waals surface area contributed by atoms with E-state index >= 15 is 0 Å². The molecule has 1 N–H and O–H groups in total. The van der Waals surface area contributed by atoms with Gasteiger partial charge in [0, 0.05) is 18.5 Å². The highest BCUT2D eigenvalue weighted by Crippen LogP contribution is 2.31. The smallest absolute Gasteiger partial charge is 0.339 e. The highest BCUT2D eigenvalue weighted by atomic mass is 16.5. The van der Waals surface area contributed by atoms with E-state index in [1.807, 2.05) is 44.2 Å². The van der Waals surface area contributed by atoms with Gasteiger partial charge < -0.3 is 14.8 Å². The number of fused-ring (bicyclic) bond motifs is 1. The minimum atomic E-state index is -0.643. The number of carbonyl (C=O) groups is 3. The van der Waals surface area contributed by atoms with Crippen molar-refractivity contribution in [3.8, 4) is 0 Å². The molecule has 1 amide bonds. The molecule has 1 aromatic heterocycles. The highest BCUT2D eigenvalue weighted by molar-refractivity contribution is 5.97. The molecule has 32 heavy (non-hydrogen) atoms. The number of amides is 1. The van der Waals surface area contributed by atoms with Crippen molar-refractivity contribution in [1.82, 2.24) is 9.78 Å². The number of nitrogens with one attached hydrogen (secondary N) is 1. The van der Waals surface area contributed by atoms with Crippen LogP contribution in [0.15, 0.2) is 60.8 Å². The van der Waals surface area contributed by atoms with Crippen molar-refractivity contribution in [2.24, 2.45) is 0 Å². The van der Waals surface area contributed by atoms with Crippen molar-refractivity contribution >= 4 is 23.7 Å². The average molecular weight is 433 g/mol. The second-order valence-electron chi connectivity index (χ2n) is 7.76. The molecule has 1 aliphatic rings. The summed E-state index contributed by atoms with van der Waals surface area (Å²) < 4.78 is 12.4. The van der Waals surface area contributed by atoms with Gasteiger partial charge in [-0.1, -0.05) is 30.3 Å². The first-order valence-corrected chi connectivity index (χ1v) is 10.3. The summed E-state index contributed by atoms with van der Waals surface area (Å²) in [5.74, 6) is -1.01. The van der Waals surface area contributed by atoms with Crippen LogP contribution in [0.1, 0.15) is 57.8 Å². The fraction of sp³-hybridized carbons (Fsp3) is 0.250. The number of nitrogens with zero attached hydrogens (tertiary/aromatic N) is 2. The third kappa shape index (κ3) is 4.54. The van der Waals surface area contributed by atoms with Crippen molar-refractivity contribution in [3.05, 3.63) is 83.0 Å². The number of rotatable bonds is 6. The summed E-state index contributed by atoms with van der Waals surface area (Å²) in [7, 11) is 0. The molecule has 2 aromatic carbocycles. The Hall–Kier alpha value is -3.94. The lowest BCUT2D eigenvalue weighted by atomic mass is 9.93. The first kappa shape index (κ1) is 21.3. The summed E-state index contributed by atoms with van der Waals surface area (Å²) in [5.41, 5.74) is 2.28. The van der Waals surface area contributed by atoms with E-state index in [0.29, 0.717) is 23.4 Å². The van der Waals surface area contributed by atoms with E-state index in [1.54, 1.807) is 29.1 Å². The summed E-state index contributed by atoms with van der Waals surface area (Å²) in [4.78, 5) is 37.1. The summed E-state index contributed by atoms with van der Waals surface area (Å²) in [6.45, 7) is 3.45. The molecule has 1 atom stereocenters. The van der Waals surface area contributed by atoms with Gasteiger partial charge in [0.05, 0.1) is 17.3 Å². The molecular formula is C24H23N3O5. The Bertz CT molecular complexity index is 1150. The molecule has 8 heteroatoms. The normalized spacial score (nSPS) is 15.1. The Morgan fingerprint density at radius 2 is 1.97 bits per heavy atom. The van der Waals surface area contributed by atoms with Gasteiger partial charge in [-0.2, -0.15) is 5.10 Å². The number of ether oxygens (including phenoxy) is 2. The van der Waals surface area contributed by atoms with Gasteiger partial charge in [-0.15, -0.1) is 0 Å². The lowest BCUT2D eigenvalue weighted by molar-refractivity contribution is -0.119. The molecule has 0 fully saturated rings. The second-order valence-corrected chi connectivity index (χ2v) is 7.76. The minimum absolute atomic E-state index is 0.0738. The SMILES string of the molecule is CC(C)n1nccc1NC(=O)COC(=O)c1ccc2c(c1)CC(c1ccccc1)OC2=O. The molecule has 4 rings (SSSR count). The van der Waals surface area contributed by atoms with E-state index in [-0.39, 0.29) is 11.6 Å². The Morgan fingerprint density at radius 1 is 1.19 bits per heavy atom. The molecule has 0 bridgehead atoms. The Morgan fingerprint density at radius 3 is 2.72 bits per heavy atom. The van der Waals surface area contributed by atoms with E-state index in [9.17, 15) is 14.4 Å². The van der Waals surface area contributed by atoms with Gasteiger partial charge in [-0.3, -0.25) is 4.79 Å². The Balaban J connectivity index is 1.41. The maximum absolute atomic E-state index is 12.5. The van der Waals surface area contributed by atoms with Gasteiger partial charge in [0.1, 0.15) is 11.9 Å². The van der Waals surface area contributed by atoms with Crippen molar-refractivity contribution in [2.75, 3.05) is 11.9 Å². The van der Waals surface area contributed by atoms with E-state index < -0.39 is 30.6 Å². The van der Waals surface area contributed by atoms with Crippen LogP contribution >= 0.6 is 0 Å². The lowest BCUT2D eigenvalue weighted by Crippen LogP contribution is -2.24. The molecular weight excluding hydrogens is 410 g/mol. The predicted octanol–water partition coefficient (Wildman–Crippen LogP) is 3.71. The third-order valence-electron chi connectivity index (χ3n) is 5.15. The van der Waals surface area contributed by atoms with Gasteiger partial charge in [-0.05, 0) is 43.2 Å². The van der Waals surface area contributed by atoms with Gasteiger partial charge in [0.25, 0.3) is 5.91 Å². The van der Waals surface area contributed by atoms with Gasteiger partial charge in [0.15, 0.2) is 6.61 Å². The van der Waals surface area contributed by atoms with Crippen molar-refractivity contribution < 1.29 is 23.9 Å². The van der Waals surface area contributed by atoms with E-state index in [2.05, 4.69) is 10.4 Å². The fourth-order valence-corrected chi connectivity index (χ4v) is 3.59. The molecule has 2 heterocycles. The molecule has 1 unspecified atom stereocenters. The van der Waals surface area contributed by atoms with Crippen LogP contribution in [0.5, 0.6) is 0 Å². The molecule has 0 radical (unpaired) electrons. The first-order valence-electron chi connectivity index (χ1n) is 10.3. The average Bonchev–Trinajstić information content (AvgIpc) is 3.26. The number of cyclic esters (lactones) is 1. The first-order chi connectivity index (χ1) is 15.4. The molecule has 8 nitrogen and oxygen atoms in total. The van der Waals surface area contributed by atoms with Gasteiger partial charge >= 0.3 is 11.9 Å². The summed E-state index contributed by atoms with van der Waals surface area (Å²) in [6.07, 6.45) is 1.62. The van der Waals surface area contributed by atoms with Crippen molar-refractivity contribution in [1.29, 1.82) is 0 Å². The number of hydrogen-bond donors (Lipinski definition) is 1. The molecule has 164 valence electrons. The third-order valence-corrected chi connectivity index (χ3v) is 5.15. The van der Waals surface area contributed by atoms with Crippen LogP contribution in [0, 0.1) is 0 Å². The van der Waals surface area contributed by atoms with Crippen molar-refractivity contribution in [2.45, 2.75) is 32.4 Å². The monoisotopic (exact) mass is 433 g/mol. The number of benzene rings is 2. The van der Waals surface area contributed by atoms with Crippen LogP contribution in [-0.4, -0.2) is 34.2 Å². The number of hydrogen-bond acceptors (Lipinski definition) is 6. The van der Waals surface area contributed by atoms with E-state index in [4.69, 9.17) is 9.47 Å². The largest absolute Gasteiger partial charge is 0.454 e. The minimum Gasteiger partial charge on any atom is -0.454 e. The summed E-state index contributed by atoms with van der Waals surface area (Å²) >= 11 is 0. The second kappa shape index (κ2) is 9.05. The van der Waals surface area contributed by atoms with Gasteiger partial charge in [0.2, 0.25) is 0 Å². The lowest BCUT2D eigenvalue weighted by Gasteiger charge is -2.25. The van der Waals surface area contributed by atoms with E-state index in [0.717, 1.165) is 5.56 Å². The maximum Gasteiger partial charge on any atom is 0.339 e. The highest BCUT2D eigenvalue weighted by Gasteiger charge is 2.28. The Kier molecular flexibility index (Phi) is 6.02. The van der Waals surface area contributed by atoms with Crippen LogP contribution in [0.3, 0.4) is 0 Å². The zero-order chi connectivity index (χ0) is 22.7. The molecule has 1 aliphatic heterocycles. The number of esters is 2. The van der Waals surface area contributed by atoms with Crippen LogP contribution in [0.25, 0.3) is 0 Å². The summed E-state index contributed by atoms with van der Waals surface area (Å²) in [6, 6.07) is 15.9. The number of anilines is 1. The van der Waals surface area contributed by atoms with Crippen LogP contribution in [0.4, 0.5) is 5.82 Å². The standard InChI is InChI=1S/C24H23N3O5/c1-15(2)27-21(10-11-25-27)26-22(28)14-31-23(29)17-8-9-19-18(12-17)13-20(32-24(19)30)16-6-4-3-5-7-16/h3-12,15,20H,13-14H2,1-2H3,(H,26,28). The molecule has 0 saturated heterocycles. The maximum atomic E-state index is 12.5. The molecule has 0 saturated carbocycles.